The lowest BCUT2D eigenvalue weighted by Gasteiger charge is -2.30. The number of halogens is 3. The molecule has 0 saturated heterocycles. The van der Waals surface area contributed by atoms with Gasteiger partial charge in [-0.25, -0.2) is 0 Å². The van der Waals surface area contributed by atoms with Crippen molar-refractivity contribution in [3.05, 3.63) is 27.2 Å². The fourth-order valence-electron chi connectivity index (χ4n) is 1.38. The fourth-order valence-corrected chi connectivity index (χ4v) is 1.98. The zero-order chi connectivity index (χ0) is 16.4. The monoisotopic (exact) mass is 352 g/mol. The minimum Gasteiger partial charge on any atom is -0.480 e. The van der Waals surface area contributed by atoms with E-state index in [0.29, 0.717) is 5.69 Å². The van der Waals surface area contributed by atoms with Crippen LogP contribution >= 0.6 is 34.8 Å². The van der Waals surface area contributed by atoms with Gasteiger partial charge in [-0.1, -0.05) is 34.8 Å². The molecule has 0 heterocycles. The number of nitrogens with one attached hydrogen (secondary N) is 1. The first kappa shape index (κ1) is 18.0. The van der Waals surface area contributed by atoms with Crippen LogP contribution in [0.2, 0.25) is 15.1 Å². The zero-order valence-corrected chi connectivity index (χ0v) is 14.0. The third kappa shape index (κ3) is 4.48. The molecule has 0 aromatic heterocycles. The average molecular weight is 354 g/mol. The van der Waals surface area contributed by atoms with Gasteiger partial charge in [0.1, 0.15) is 5.54 Å². The first-order valence-electron chi connectivity index (χ1n) is 5.94. The van der Waals surface area contributed by atoms with Crippen molar-refractivity contribution in [2.45, 2.75) is 19.4 Å². The van der Waals surface area contributed by atoms with Gasteiger partial charge in [0.2, 0.25) is 5.91 Å². The normalized spacial score (nSPS) is 11.6. The van der Waals surface area contributed by atoms with E-state index in [0.717, 1.165) is 0 Å². The van der Waals surface area contributed by atoms with Crippen molar-refractivity contribution in [3.63, 3.8) is 0 Å². The van der Waals surface area contributed by atoms with Gasteiger partial charge >= 0.3 is 5.97 Å². The third-order valence-corrected chi connectivity index (χ3v) is 4.18. The maximum Gasteiger partial charge on any atom is 0.323 e. The molecule has 0 aliphatic rings. The van der Waals surface area contributed by atoms with Crippen LogP contribution in [-0.2, 0) is 9.59 Å². The molecular weight excluding hydrogens is 339 g/mol. The van der Waals surface area contributed by atoms with Gasteiger partial charge in [-0.2, -0.15) is 0 Å². The molecule has 21 heavy (non-hydrogen) atoms. The lowest BCUT2D eigenvalue weighted by Crippen LogP contribution is -2.50. The van der Waals surface area contributed by atoms with Gasteiger partial charge in [0.15, 0.2) is 0 Å². The van der Waals surface area contributed by atoms with E-state index in [1.807, 2.05) is 0 Å². The second-order valence-corrected chi connectivity index (χ2v) is 6.24. The summed E-state index contributed by atoms with van der Waals surface area (Å²) in [5.41, 5.74) is -0.851. The van der Waals surface area contributed by atoms with Crippen LogP contribution in [0.3, 0.4) is 0 Å². The van der Waals surface area contributed by atoms with Gasteiger partial charge in [0.05, 0.1) is 27.3 Å². The maximum absolute atomic E-state index is 12.0. The van der Waals surface area contributed by atoms with Crippen molar-refractivity contribution < 1.29 is 14.7 Å². The van der Waals surface area contributed by atoms with Crippen molar-refractivity contribution in [1.82, 2.24) is 4.90 Å². The molecule has 0 aliphatic carbocycles. The highest BCUT2D eigenvalue weighted by molar-refractivity contribution is 6.44. The van der Waals surface area contributed by atoms with E-state index < -0.39 is 17.4 Å². The molecule has 0 fully saturated rings. The van der Waals surface area contributed by atoms with Crippen LogP contribution in [0, 0.1) is 0 Å². The molecule has 116 valence electrons. The molecule has 8 heteroatoms. The first-order chi connectivity index (χ1) is 9.55. The number of carbonyl (C=O) groups is 2. The predicted octanol–water partition coefficient (Wildman–Crippen LogP) is 3.38. The van der Waals surface area contributed by atoms with Crippen LogP contribution in [0.4, 0.5) is 5.69 Å². The van der Waals surface area contributed by atoms with Gasteiger partial charge in [0.25, 0.3) is 0 Å². The Morgan fingerprint density at radius 1 is 1.19 bits per heavy atom. The highest BCUT2D eigenvalue weighted by Crippen LogP contribution is 2.32. The van der Waals surface area contributed by atoms with Gasteiger partial charge in [0, 0.05) is 0 Å². The molecule has 2 N–H and O–H groups in total. The van der Waals surface area contributed by atoms with Crippen LogP contribution in [0.25, 0.3) is 0 Å². The third-order valence-electron chi connectivity index (χ3n) is 3.14. The van der Waals surface area contributed by atoms with E-state index in [1.54, 1.807) is 7.05 Å². The Labute approximate surface area is 137 Å². The Morgan fingerprint density at radius 2 is 1.71 bits per heavy atom. The van der Waals surface area contributed by atoms with Gasteiger partial charge in [-0.3, -0.25) is 14.5 Å². The summed E-state index contributed by atoms with van der Waals surface area (Å²) in [4.78, 5) is 24.5. The van der Waals surface area contributed by atoms with E-state index in [9.17, 15) is 9.59 Å². The van der Waals surface area contributed by atoms with Gasteiger partial charge in [-0.15, -0.1) is 0 Å². The van der Waals surface area contributed by atoms with Crippen LogP contribution in [0.1, 0.15) is 13.8 Å². The number of aliphatic carboxylic acids is 1. The molecular formula is C13H15Cl3N2O3. The molecule has 0 unspecified atom stereocenters. The summed E-state index contributed by atoms with van der Waals surface area (Å²) < 4.78 is 0. The topological polar surface area (TPSA) is 69.6 Å². The van der Waals surface area contributed by atoms with Crippen molar-refractivity contribution in [2.75, 3.05) is 18.9 Å². The maximum atomic E-state index is 12.0. The average Bonchev–Trinajstić information content (AvgIpc) is 2.35. The Morgan fingerprint density at radius 3 is 2.24 bits per heavy atom. The summed E-state index contributed by atoms with van der Waals surface area (Å²) >= 11 is 17.6. The molecule has 0 aliphatic heterocycles. The quantitative estimate of drug-likeness (QED) is 0.796. The number of hydrogen-bond acceptors (Lipinski definition) is 3. The molecule has 0 spiro atoms. The molecule has 0 bridgehead atoms. The van der Waals surface area contributed by atoms with Crippen LogP contribution in [-0.4, -0.2) is 41.0 Å². The van der Waals surface area contributed by atoms with Crippen molar-refractivity contribution >= 4 is 52.4 Å². The van der Waals surface area contributed by atoms with E-state index in [-0.39, 0.29) is 21.6 Å². The fraction of sp³-hybridized carbons (Fsp3) is 0.385. The molecule has 0 saturated carbocycles. The minimum absolute atomic E-state index is 0.115. The number of benzene rings is 1. The second-order valence-electron chi connectivity index (χ2n) is 5.01. The van der Waals surface area contributed by atoms with Crippen molar-refractivity contribution in [3.8, 4) is 0 Å². The Hall–Kier alpha value is -1.01. The van der Waals surface area contributed by atoms with E-state index in [4.69, 9.17) is 39.9 Å². The van der Waals surface area contributed by atoms with Gasteiger partial charge in [-0.05, 0) is 33.0 Å². The summed E-state index contributed by atoms with van der Waals surface area (Å²) in [7, 11) is 1.55. The summed E-state index contributed by atoms with van der Waals surface area (Å²) in [5.74, 6) is -1.43. The number of likely N-dealkylation sites (N-methyl/N-ethyl adjacent to an activating group) is 1. The number of carbonyl (C=O) groups excluding carboxylic acids is 1. The van der Waals surface area contributed by atoms with Crippen molar-refractivity contribution in [2.24, 2.45) is 0 Å². The SMILES string of the molecule is CN(CC(=O)Nc1cc(Cl)c(Cl)cc1Cl)C(C)(C)C(=O)O. The van der Waals surface area contributed by atoms with E-state index in [1.165, 1.54) is 30.9 Å². The first-order valence-corrected chi connectivity index (χ1v) is 7.08. The highest BCUT2D eigenvalue weighted by atomic mass is 35.5. The number of amides is 1. The summed E-state index contributed by atoms with van der Waals surface area (Å²) in [6, 6.07) is 2.86. The van der Waals surface area contributed by atoms with Crippen molar-refractivity contribution in [1.29, 1.82) is 0 Å². The lowest BCUT2D eigenvalue weighted by atomic mass is 10.0. The lowest BCUT2D eigenvalue weighted by molar-refractivity contribution is -0.148. The molecule has 5 nitrogen and oxygen atoms in total. The number of nitrogens with zero attached hydrogens (tertiary/aromatic N) is 1. The molecule has 1 rings (SSSR count). The largest absolute Gasteiger partial charge is 0.480 e. The molecule has 1 amide bonds. The zero-order valence-electron chi connectivity index (χ0n) is 11.7. The molecule has 1 aromatic carbocycles. The Kier molecular flexibility index (Phi) is 5.87. The highest BCUT2D eigenvalue weighted by Gasteiger charge is 2.33. The van der Waals surface area contributed by atoms with Gasteiger partial charge < -0.3 is 10.4 Å². The molecule has 0 atom stereocenters. The smallest absolute Gasteiger partial charge is 0.323 e. The second kappa shape index (κ2) is 6.83. The number of rotatable bonds is 5. The van der Waals surface area contributed by atoms with E-state index in [2.05, 4.69) is 5.32 Å². The van der Waals surface area contributed by atoms with E-state index >= 15 is 0 Å². The Bertz CT molecular complexity index is 576. The number of anilines is 1. The standard InChI is InChI=1S/C13H15Cl3N2O3/c1-13(2,12(20)21)18(3)6-11(19)17-10-5-8(15)7(14)4-9(10)16/h4-5H,6H2,1-3H3,(H,17,19)(H,20,21). The molecule has 0 radical (unpaired) electrons. The predicted molar refractivity (Wildman–Crippen MR) is 84.4 cm³/mol. The van der Waals surface area contributed by atoms with Crippen LogP contribution in [0.15, 0.2) is 12.1 Å². The number of carboxylic acid groups (broad SMARTS) is 1. The summed E-state index contributed by atoms with van der Waals surface area (Å²) in [5, 5.41) is 12.5. The Balaban J connectivity index is 2.79. The van der Waals surface area contributed by atoms with Crippen LogP contribution in [0.5, 0.6) is 0 Å². The van der Waals surface area contributed by atoms with Crippen LogP contribution < -0.4 is 5.32 Å². The molecule has 1 aromatic rings. The summed E-state index contributed by atoms with van der Waals surface area (Å²) in [6.45, 7) is 2.90. The number of hydrogen-bond donors (Lipinski definition) is 2. The minimum atomic E-state index is -1.17. The summed E-state index contributed by atoms with van der Waals surface area (Å²) in [6.07, 6.45) is 0. The number of carboxylic acids is 1.